The fourth-order valence-corrected chi connectivity index (χ4v) is 6.94. The van der Waals surface area contributed by atoms with Crippen LogP contribution in [0.5, 0.6) is 0 Å². The Morgan fingerprint density at radius 3 is 1.65 bits per heavy atom. The molecule has 2 heterocycles. The fraction of sp³-hybridized carbons (Fsp3) is 0. The molecular weight excluding hydrogens is 520 g/mol. The van der Waals surface area contributed by atoms with Crippen molar-refractivity contribution < 1.29 is 0 Å². The quantitative estimate of drug-likeness (QED) is 0.202. The molecule has 0 bridgehead atoms. The third-order valence-electron chi connectivity index (χ3n) is 8.80. The molecule has 0 fully saturated rings. The summed E-state index contributed by atoms with van der Waals surface area (Å²) in [4.78, 5) is 4.83. The number of hydrogen-bond donors (Lipinski definition) is 0. The van der Waals surface area contributed by atoms with Gasteiger partial charge in [0.1, 0.15) is 5.65 Å². The van der Waals surface area contributed by atoms with Crippen molar-refractivity contribution in [3.8, 4) is 27.9 Å². The molecule has 200 valence electrons. The maximum Gasteiger partial charge on any atom is 0.145 e. The molecule has 9 rings (SSSR count). The molecule has 0 atom stereocenters. The second-order valence-corrected chi connectivity index (χ2v) is 11.2. The van der Waals surface area contributed by atoms with E-state index in [9.17, 15) is 0 Å². The summed E-state index contributed by atoms with van der Waals surface area (Å²) in [5.41, 5.74) is 8.25. The lowest BCUT2D eigenvalue weighted by molar-refractivity contribution is 1.14. The second-order valence-electron chi connectivity index (χ2n) is 11.2. The minimum atomic E-state index is 0.974. The number of rotatable bonds is 3. The average Bonchev–Trinajstić information content (AvgIpc) is 3.41. The second kappa shape index (κ2) is 9.40. The van der Waals surface area contributed by atoms with E-state index in [-0.39, 0.29) is 0 Å². The van der Waals surface area contributed by atoms with Crippen LogP contribution in [0.2, 0.25) is 0 Å². The summed E-state index contributed by atoms with van der Waals surface area (Å²) in [6, 6.07) is 54.9. The van der Waals surface area contributed by atoms with Gasteiger partial charge in [-0.3, -0.25) is 4.57 Å². The van der Waals surface area contributed by atoms with Crippen molar-refractivity contribution in [2.45, 2.75) is 0 Å². The van der Waals surface area contributed by atoms with Gasteiger partial charge >= 0.3 is 0 Å². The lowest BCUT2D eigenvalue weighted by Gasteiger charge is -2.18. The molecule has 0 aliphatic heterocycles. The first-order chi connectivity index (χ1) is 21.3. The molecule has 0 amide bonds. The van der Waals surface area contributed by atoms with Gasteiger partial charge in [0.15, 0.2) is 0 Å². The Morgan fingerprint density at radius 1 is 0.395 bits per heavy atom. The first-order valence-electron chi connectivity index (χ1n) is 14.7. The maximum atomic E-state index is 4.83. The van der Waals surface area contributed by atoms with Crippen molar-refractivity contribution in [2.75, 3.05) is 0 Å². The molecule has 7 aromatic carbocycles. The van der Waals surface area contributed by atoms with E-state index in [0.29, 0.717) is 0 Å². The third-order valence-corrected chi connectivity index (χ3v) is 8.80. The van der Waals surface area contributed by atoms with Crippen LogP contribution < -0.4 is 0 Å². The number of pyridine rings is 1. The van der Waals surface area contributed by atoms with Gasteiger partial charge < -0.3 is 0 Å². The first-order valence-corrected chi connectivity index (χ1v) is 14.7. The zero-order valence-electron chi connectivity index (χ0n) is 23.4. The molecule has 0 N–H and O–H groups in total. The maximum absolute atomic E-state index is 4.83. The highest BCUT2D eigenvalue weighted by Crippen LogP contribution is 2.45. The number of fused-ring (bicyclic) bond motifs is 6. The normalized spacial score (nSPS) is 11.7. The molecule has 2 heteroatoms. The predicted octanol–water partition coefficient (Wildman–Crippen LogP) is 11.0. The molecule has 0 radical (unpaired) electrons. The Kier molecular flexibility index (Phi) is 5.23. The highest BCUT2D eigenvalue weighted by molar-refractivity contribution is 6.22. The van der Waals surface area contributed by atoms with Crippen molar-refractivity contribution in [2.24, 2.45) is 0 Å². The molecule has 0 unspecified atom stereocenters. The summed E-state index contributed by atoms with van der Waals surface area (Å²) in [7, 11) is 0. The number of para-hydroxylation sites is 1. The Labute approximate surface area is 249 Å². The van der Waals surface area contributed by atoms with Crippen LogP contribution in [0.15, 0.2) is 158 Å². The van der Waals surface area contributed by atoms with Gasteiger partial charge in [0.05, 0.1) is 5.52 Å². The lowest BCUT2D eigenvalue weighted by atomic mass is 9.85. The van der Waals surface area contributed by atoms with E-state index in [1.54, 1.807) is 0 Å². The van der Waals surface area contributed by atoms with Crippen molar-refractivity contribution in [1.29, 1.82) is 0 Å². The van der Waals surface area contributed by atoms with E-state index in [4.69, 9.17) is 4.98 Å². The third kappa shape index (κ3) is 3.63. The van der Waals surface area contributed by atoms with Crippen LogP contribution in [0.4, 0.5) is 0 Å². The molecule has 0 aliphatic carbocycles. The van der Waals surface area contributed by atoms with Gasteiger partial charge in [-0.15, -0.1) is 0 Å². The number of nitrogens with zero attached hydrogens (tertiary/aromatic N) is 2. The molecule has 43 heavy (non-hydrogen) atoms. The van der Waals surface area contributed by atoms with E-state index in [2.05, 4.69) is 150 Å². The van der Waals surface area contributed by atoms with Crippen molar-refractivity contribution >= 4 is 54.3 Å². The number of aromatic nitrogens is 2. The fourth-order valence-electron chi connectivity index (χ4n) is 6.94. The van der Waals surface area contributed by atoms with Gasteiger partial charge in [0.25, 0.3) is 0 Å². The monoisotopic (exact) mass is 546 g/mol. The molecular formula is C41H26N2. The molecule has 0 spiro atoms. The van der Waals surface area contributed by atoms with E-state index < -0.39 is 0 Å². The van der Waals surface area contributed by atoms with Crippen molar-refractivity contribution in [3.63, 3.8) is 0 Å². The largest absolute Gasteiger partial charge is 0.294 e. The van der Waals surface area contributed by atoms with Crippen LogP contribution in [0.25, 0.3) is 82.2 Å². The molecule has 0 saturated heterocycles. The molecule has 9 aromatic rings. The Hall–Kier alpha value is -5.73. The topological polar surface area (TPSA) is 17.8 Å². The molecule has 0 aliphatic rings. The minimum absolute atomic E-state index is 0.974. The van der Waals surface area contributed by atoms with Gasteiger partial charge in [0.2, 0.25) is 0 Å². The zero-order chi connectivity index (χ0) is 28.3. The summed E-state index contributed by atoms with van der Waals surface area (Å²) >= 11 is 0. The number of benzene rings is 7. The van der Waals surface area contributed by atoms with E-state index in [1.807, 2.05) is 12.3 Å². The van der Waals surface area contributed by atoms with E-state index in [1.165, 1.54) is 60.0 Å². The smallest absolute Gasteiger partial charge is 0.145 e. The molecule has 2 aromatic heterocycles. The standard InChI is InChI=1S/C41H26N2/c1-2-13-31(14-3-1)43-38-23-22-30(26-37(38)36-19-10-24-42-41(36)43)40-34-17-8-6-15-32(34)39(33-16-7-9-18-35(33)40)29-21-20-27-11-4-5-12-28(27)25-29/h1-26H. The lowest BCUT2D eigenvalue weighted by Crippen LogP contribution is -1.94. The molecule has 2 nitrogen and oxygen atoms in total. The van der Waals surface area contributed by atoms with E-state index in [0.717, 1.165) is 22.2 Å². The van der Waals surface area contributed by atoms with Gasteiger partial charge in [-0.25, -0.2) is 4.98 Å². The molecule has 0 saturated carbocycles. The Bertz CT molecular complexity index is 2450. The van der Waals surface area contributed by atoms with Crippen LogP contribution >= 0.6 is 0 Å². The van der Waals surface area contributed by atoms with Crippen LogP contribution in [-0.2, 0) is 0 Å². The Balaban J connectivity index is 1.36. The SMILES string of the molecule is c1ccc(-n2c3ccc(-c4c5ccccc5c(-c5ccc6ccccc6c5)c5ccccc45)cc3c3cccnc32)cc1. The highest BCUT2D eigenvalue weighted by atomic mass is 15.0. The van der Waals surface area contributed by atoms with Gasteiger partial charge in [-0.05, 0) is 97.0 Å². The van der Waals surface area contributed by atoms with Gasteiger partial charge in [-0.2, -0.15) is 0 Å². The van der Waals surface area contributed by atoms with Crippen molar-refractivity contribution in [1.82, 2.24) is 9.55 Å². The predicted molar refractivity (Wildman–Crippen MR) is 182 cm³/mol. The van der Waals surface area contributed by atoms with Crippen molar-refractivity contribution in [3.05, 3.63) is 158 Å². The summed E-state index contributed by atoms with van der Waals surface area (Å²) < 4.78 is 2.27. The summed E-state index contributed by atoms with van der Waals surface area (Å²) in [6.45, 7) is 0. The van der Waals surface area contributed by atoms with Gasteiger partial charge in [-0.1, -0.05) is 109 Å². The van der Waals surface area contributed by atoms with Crippen LogP contribution in [0, 0.1) is 0 Å². The van der Waals surface area contributed by atoms with Crippen LogP contribution in [0.1, 0.15) is 0 Å². The average molecular weight is 547 g/mol. The summed E-state index contributed by atoms with van der Waals surface area (Å²) in [5.74, 6) is 0. The summed E-state index contributed by atoms with van der Waals surface area (Å²) in [5, 5.41) is 9.92. The van der Waals surface area contributed by atoms with E-state index >= 15 is 0 Å². The van der Waals surface area contributed by atoms with Crippen LogP contribution in [0.3, 0.4) is 0 Å². The zero-order valence-corrected chi connectivity index (χ0v) is 23.4. The van der Waals surface area contributed by atoms with Gasteiger partial charge in [0, 0.05) is 22.7 Å². The summed E-state index contributed by atoms with van der Waals surface area (Å²) in [6.07, 6.45) is 1.88. The Morgan fingerprint density at radius 2 is 0.953 bits per heavy atom. The number of hydrogen-bond acceptors (Lipinski definition) is 1. The van der Waals surface area contributed by atoms with Crippen LogP contribution in [-0.4, -0.2) is 9.55 Å². The first kappa shape index (κ1) is 23.9. The highest BCUT2D eigenvalue weighted by Gasteiger charge is 2.19. The minimum Gasteiger partial charge on any atom is -0.294 e.